The van der Waals surface area contributed by atoms with Crippen molar-refractivity contribution in [2.75, 3.05) is 9.80 Å². The quantitative estimate of drug-likeness (QED) is 0.141. The first-order chi connectivity index (χ1) is 41.2. The summed E-state index contributed by atoms with van der Waals surface area (Å²) in [6.45, 7) is -0.196. The van der Waals surface area contributed by atoms with Gasteiger partial charge in [-0.1, -0.05) is 249 Å². The van der Waals surface area contributed by atoms with Gasteiger partial charge in [0, 0.05) is 77.9 Å². The zero-order chi connectivity index (χ0) is 54.5. The standard InChI is InChI=1S/C78H51BN4/c1-7-26-52(27-8-1)58-40-23-41-59(53-28-9-2-10-29-53)77(58)82-70-46-25-47-71-76(70)79(66-48-64-62-38-19-21-44-68(62)80(72(64)50-74(66)82)56-34-15-5-16-35-56)67-49-65-63-39-20-22-45-69(63)81(57-36-17-6-18-37-57)73(65)51-75(67)83(71)78-60(54-30-11-3-12-31-54)42-24-43-61(78)55-32-13-4-14-33-55/h1-51H. The van der Waals surface area contributed by atoms with Crippen LogP contribution in [0.1, 0.15) is 0 Å². The minimum Gasteiger partial charge on any atom is -0.310 e. The number of para-hydroxylation sites is 6. The lowest BCUT2D eigenvalue weighted by Gasteiger charge is -2.45. The predicted octanol–water partition coefficient (Wildman–Crippen LogP) is 18.6. The molecular formula is C78H51BN4. The fourth-order valence-electron chi connectivity index (χ4n) is 14.0. The molecule has 0 atom stereocenters. The third-order valence-corrected chi connectivity index (χ3v) is 17.5. The maximum atomic E-state index is 2.64. The third kappa shape index (κ3) is 7.21. The molecule has 0 N–H and O–H groups in total. The van der Waals surface area contributed by atoms with Gasteiger partial charge in [-0.25, -0.2) is 0 Å². The van der Waals surface area contributed by atoms with Crippen LogP contribution in [0, 0.1) is 0 Å². The molecule has 0 fully saturated rings. The van der Waals surface area contributed by atoms with Crippen LogP contribution in [0.2, 0.25) is 0 Å². The van der Waals surface area contributed by atoms with E-state index in [2.05, 4.69) is 328 Å². The van der Waals surface area contributed by atoms with Crippen molar-refractivity contribution in [3.05, 3.63) is 309 Å². The van der Waals surface area contributed by atoms with Crippen molar-refractivity contribution in [2.24, 2.45) is 0 Å². The Morgan fingerprint density at radius 1 is 0.229 bits per heavy atom. The maximum Gasteiger partial charge on any atom is 0.252 e. The van der Waals surface area contributed by atoms with Crippen LogP contribution >= 0.6 is 0 Å². The first kappa shape index (κ1) is 47.0. The molecule has 15 aromatic rings. The summed E-state index contributed by atoms with van der Waals surface area (Å²) in [4.78, 5) is 5.29. The molecule has 0 radical (unpaired) electrons. The van der Waals surface area contributed by atoms with Gasteiger partial charge in [0.15, 0.2) is 0 Å². The van der Waals surface area contributed by atoms with Gasteiger partial charge in [0.05, 0.1) is 33.4 Å². The van der Waals surface area contributed by atoms with Gasteiger partial charge in [-0.05, 0) is 99.3 Å². The highest BCUT2D eigenvalue weighted by molar-refractivity contribution is 7.00. The van der Waals surface area contributed by atoms with Crippen molar-refractivity contribution in [1.29, 1.82) is 0 Å². The van der Waals surface area contributed by atoms with Gasteiger partial charge < -0.3 is 18.9 Å². The molecule has 0 saturated heterocycles. The number of aromatic nitrogens is 2. The van der Waals surface area contributed by atoms with Crippen LogP contribution in [0.25, 0.3) is 99.5 Å². The number of anilines is 6. The fourth-order valence-corrected chi connectivity index (χ4v) is 14.0. The van der Waals surface area contributed by atoms with Gasteiger partial charge in [0.2, 0.25) is 0 Å². The van der Waals surface area contributed by atoms with Crippen LogP contribution in [0.5, 0.6) is 0 Å². The molecule has 5 heteroatoms. The zero-order valence-electron chi connectivity index (χ0n) is 45.3. The first-order valence-electron chi connectivity index (χ1n) is 28.7. The highest BCUT2D eigenvalue weighted by atomic mass is 15.2. The first-order valence-corrected chi connectivity index (χ1v) is 28.7. The summed E-state index contributed by atoms with van der Waals surface area (Å²) in [5.74, 6) is 0. The lowest BCUT2D eigenvalue weighted by atomic mass is 9.33. The van der Waals surface area contributed by atoms with Crippen molar-refractivity contribution in [3.8, 4) is 55.9 Å². The summed E-state index contributed by atoms with van der Waals surface area (Å²) in [6.07, 6.45) is 0. The minimum absolute atomic E-state index is 0.196. The number of nitrogens with zero attached hydrogens (tertiary/aromatic N) is 4. The number of hydrogen-bond acceptors (Lipinski definition) is 2. The molecule has 17 rings (SSSR count). The summed E-state index contributed by atoms with van der Waals surface area (Å²) in [7, 11) is 0. The summed E-state index contributed by atoms with van der Waals surface area (Å²) < 4.78 is 4.95. The van der Waals surface area contributed by atoms with Gasteiger partial charge in [-0.15, -0.1) is 0 Å². The SMILES string of the molecule is c1ccc(-c2cccc(-c3ccccc3)c2N2c3cc4c(cc3B3c5cc6c7ccccc7n(-c7ccccc7)c6cc5N(c5c(-c6ccccc6)cccc5-c5ccccc5)c5cccc2c53)c2ccccc2n4-c2ccccc2)cc1. The smallest absolute Gasteiger partial charge is 0.252 e. The third-order valence-electron chi connectivity index (χ3n) is 17.5. The van der Waals surface area contributed by atoms with Crippen LogP contribution in [0.4, 0.5) is 34.1 Å². The van der Waals surface area contributed by atoms with Gasteiger partial charge in [0.1, 0.15) is 0 Å². The molecule has 0 amide bonds. The summed E-state index contributed by atoms with van der Waals surface area (Å²) in [5.41, 5.74) is 26.7. The summed E-state index contributed by atoms with van der Waals surface area (Å²) in [5, 5.41) is 4.88. The Morgan fingerprint density at radius 3 is 0.904 bits per heavy atom. The molecule has 83 heavy (non-hydrogen) atoms. The Balaban J connectivity index is 1.07. The monoisotopic (exact) mass is 1050 g/mol. The van der Waals surface area contributed by atoms with Crippen molar-refractivity contribution < 1.29 is 0 Å². The van der Waals surface area contributed by atoms with E-state index in [0.29, 0.717) is 0 Å². The molecule has 2 aliphatic heterocycles. The highest BCUT2D eigenvalue weighted by Gasteiger charge is 2.46. The van der Waals surface area contributed by atoms with E-state index in [9.17, 15) is 0 Å². The molecule has 13 aromatic carbocycles. The Hall–Kier alpha value is -10.9. The maximum absolute atomic E-state index is 2.64. The number of rotatable bonds is 8. The largest absolute Gasteiger partial charge is 0.310 e. The molecule has 4 nitrogen and oxygen atoms in total. The molecule has 386 valence electrons. The molecule has 0 saturated carbocycles. The highest BCUT2D eigenvalue weighted by Crippen LogP contribution is 2.54. The van der Waals surface area contributed by atoms with E-state index in [1.807, 2.05) is 0 Å². The lowest BCUT2D eigenvalue weighted by Crippen LogP contribution is -2.61. The fraction of sp³-hybridized carbons (Fsp3) is 0. The number of benzene rings is 13. The van der Waals surface area contributed by atoms with Crippen molar-refractivity contribution in [2.45, 2.75) is 0 Å². The molecule has 0 unspecified atom stereocenters. The van der Waals surface area contributed by atoms with Crippen LogP contribution in [-0.2, 0) is 0 Å². The van der Waals surface area contributed by atoms with Gasteiger partial charge in [0.25, 0.3) is 6.71 Å². The van der Waals surface area contributed by atoms with E-state index >= 15 is 0 Å². The second kappa shape index (κ2) is 18.9. The van der Waals surface area contributed by atoms with Crippen molar-refractivity contribution >= 4 is 101 Å². The predicted molar refractivity (Wildman–Crippen MR) is 351 cm³/mol. The van der Waals surface area contributed by atoms with E-state index in [4.69, 9.17) is 0 Å². The average molecular weight is 1060 g/mol. The Bertz CT molecular complexity index is 4590. The van der Waals surface area contributed by atoms with Gasteiger partial charge in [-0.3, -0.25) is 0 Å². The number of fused-ring (bicyclic) bond motifs is 10. The van der Waals surface area contributed by atoms with E-state index in [0.717, 1.165) is 101 Å². The van der Waals surface area contributed by atoms with Gasteiger partial charge >= 0.3 is 0 Å². The lowest BCUT2D eigenvalue weighted by molar-refractivity contribution is 1.17. The van der Waals surface area contributed by atoms with E-state index in [1.165, 1.54) is 49.0 Å². The topological polar surface area (TPSA) is 16.3 Å². The second-order valence-electron chi connectivity index (χ2n) is 21.9. The minimum atomic E-state index is -0.196. The molecule has 0 bridgehead atoms. The average Bonchev–Trinajstić information content (AvgIpc) is 1.84. The Kier molecular flexibility index (Phi) is 10.7. The van der Waals surface area contributed by atoms with Crippen LogP contribution < -0.4 is 26.2 Å². The van der Waals surface area contributed by atoms with Crippen molar-refractivity contribution in [3.63, 3.8) is 0 Å². The van der Waals surface area contributed by atoms with Gasteiger partial charge in [-0.2, -0.15) is 0 Å². The molecule has 2 aliphatic rings. The van der Waals surface area contributed by atoms with E-state index < -0.39 is 0 Å². The van der Waals surface area contributed by atoms with Crippen LogP contribution in [0.15, 0.2) is 309 Å². The second-order valence-corrected chi connectivity index (χ2v) is 21.9. The summed E-state index contributed by atoms with van der Waals surface area (Å²) >= 11 is 0. The molecule has 0 spiro atoms. The number of hydrogen-bond donors (Lipinski definition) is 0. The van der Waals surface area contributed by atoms with Crippen molar-refractivity contribution in [1.82, 2.24) is 9.13 Å². The van der Waals surface area contributed by atoms with Crippen LogP contribution in [0.3, 0.4) is 0 Å². The Morgan fingerprint density at radius 2 is 0.542 bits per heavy atom. The van der Waals surface area contributed by atoms with Crippen LogP contribution in [-0.4, -0.2) is 15.8 Å². The molecule has 2 aromatic heterocycles. The molecular weight excluding hydrogens is 1000 g/mol. The summed E-state index contributed by atoms with van der Waals surface area (Å²) in [6, 6.07) is 115. The normalized spacial score (nSPS) is 12.5. The molecule has 0 aliphatic carbocycles. The van der Waals surface area contributed by atoms with E-state index in [-0.39, 0.29) is 6.71 Å². The van der Waals surface area contributed by atoms with E-state index in [1.54, 1.807) is 0 Å². The molecule has 4 heterocycles. The zero-order valence-corrected chi connectivity index (χ0v) is 45.3. The Labute approximate surface area is 482 Å².